The van der Waals surface area contributed by atoms with Crippen molar-refractivity contribution >= 4 is 21.6 Å². The number of benzene rings is 1. The van der Waals surface area contributed by atoms with E-state index in [1.165, 1.54) is 18.7 Å². The van der Waals surface area contributed by atoms with Gasteiger partial charge in [-0.15, -0.1) is 0 Å². The molecule has 2 rings (SSSR count). The van der Waals surface area contributed by atoms with Crippen molar-refractivity contribution in [3.8, 4) is 6.07 Å². The average molecular weight is 308 g/mol. The molecule has 0 radical (unpaired) electrons. The molecule has 1 fully saturated rings. The van der Waals surface area contributed by atoms with Gasteiger partial charge in [0.05, 0.1) is 5.56 Å². The normalized spacial score (nSPS) is 16.6. The maximum absolute atomic E-state index is 8.91. The molecule has 18 heavy (non-hydrogen) atoms. The van der Waals surface area contributed by atoms with Crippen molar-refractivity contribution in [1.29, 1.82) is 5.26 Å². The third-order valence-electron chi connectivity index (χ3n) is 3.35. The van der Waals surface area contributed by atoms with E-state index in [9.17, 15) is 0 Å². The Kier molecular flexibility index (Phi) is 4.62. The number of anilines is 1. The van der Waals surface area contributed by atoms with Gasteiger partial charge in [0, 0.05) is 36.3 Å². The van der Waals surface area contributed by atoms with Gasteiger partial charge in [0.2, 0.25) is 0 Å². The summed E-state index contributed by atoms with van der Waals surface area (Å²) in [6.45, 7) is 7.82. The quantitative estimate of drug-likeness (QED) is 0.860. The zero-order chi connectivity index (χ0) is 13.0. The van der Waals surface area contributed by atoms with Crippen molar-refractivity contribution in [3.63, 3.8) is 0 Å². The van der Waals surface area contributed by atoms with E-state index < -0.39 is 0 Å². The van der Waals surface area contributed by atoms with Crippen LogP contribution in [-0.2, 0) is 0 Å². The zero-order valence-electron chi connectivity index (χ0n) is 10.7. The molecule has 0 unspecified atom stereocenters. The molecule has 1 aromatic carbocycles. The highest BCUT2D eigenvalue weighted by Crippen LogP contribution is 2.24. The molecule has 1 aliphatic rings. The first-order valence-corrected chi connectivity index (χ1v) is 7.21. The van der Waals surface area contributed by atoms with Crippen LogP contribution in [0.2, 0.25) is 0 Å². The maximum atomic E-state index is 8.91. The van der Waals surface area contributed by atoms with E-state index in [1.54, 1.807) is 0 Å². The maximum Gasteiger partial charge on any atom is 0.100 e. The molecule has 0 atom stereocenters. The SMILES string of the molecule is CCCN1CCN(c2ccc(C#N)c(Br)c2)CC1. The highest BCUT2D eigenvalue weighted by atomic mass is 79.9. The van der Waals surface area contributed by atoms with Crippen LogP contribution in [0.15, 0.2) is 22.7 Å². The van der Waals surface area contributed by atoms with Gasteiger partial charge in [0.15, 0.2) is 0 Å². The van der Waals surface area contributed by atoms with Crippen LogP contribution < -0.4 is 4.90 Å². The minimum Gasteiger partial charge on any atom is -0.369 e. The number of rotatable bonds is 3. The van der Waals surface area contributed by atoms with Crippen LogP contribution in [0.4, 0.5) is 5.69 Å². The van der Waals surface area contributed by atoms with Gasteiger partial charge in [-0.05, 0) is 47.1 Å². The first-order valence-electron chi connectivity index (χ1n) is 6.41. The predicted molar refractivity (Wildman–Crippen MR) is 77.8 cm³/mol. The zero-order valence-corrected chi connectivity index (χ0v) is 12.3. The van der Waals surface area contributed by atoms with Crippen LogP contribution in [0.3, 0.4) is 0 Å². The van der Waals surface area contributed by atoms with E-state index in [1.807, 2.05) is 18.2 Å². The van der Waals surface area contributed by atoms with Crippen LogP contribution in [0, 0.1) is 11.3 Å². The number of halogens is 1. The van der Waals surface area contributed by atoms with Crippen molar-refractivity contribution < 1.29 is 0 Å². The van der Waals surface area contributed by atoms with E-state index in [0.29, 0.717) is 5.56 Å². The first-order chi connectivity index (χ1) is 8.74. The lowest BCUT2D eigenvalue weighted by Gasteiger charge is -2.36. The lowest BCUT2D eigenvalue weighted by atomic mass is 10.2. The largest absolute Gasteiger partial charge is 0.369 e. The summed E-state index contributed by atoms with van der Waals surface area (Å²) in [5.74, 6) is 0. The summed E-state index contributed by atoms with van der Waals surface area (Å²) in [6.07, 6.45) is 1.22. The van der Waals surface area contributed by atoms with Crippen molar-refractivity contribution in [3.05, 3.63) is 28.2 Å². The molecule has 0 spiro atoms. The molecule has 0 aromatic heterocycles. The monoisotopic (exact) mass is 307 g/mol. The van der Waals surface area contributed by atoms with Gasteiger partial charge in [-0.2, -0.15) is 5.26 Å². The molecule has 3 nitrogen and oxygen atoms in total. The third-order valence-corrected chi connectivity index (χ3v) is 4.01. The van der Waals surface area contributed by atoms with E-state index in [4.69, 9.17) is 5.26 Å². The van der Waals surface area contributed by atoms with Gasteiger partial charge in [0.1, 0.15) is 6.07 Å². The fourth-order valence-corrected chi connectivity index (χ4v) is 2.79. The number of nitriles is 1. The highest BCUT2D eigenvalue weighted by Gasteiger charge is 2.16. The van der Waals surface area contributed by atoms with E-state index >= 15 is 0 Å². The van der Waals surface area contributed by atoms with Crippen LogP contribution >= 0.6 is 15.9 Å². The number of hydrogen-bond donors (Lipinski definition) is 0. The summed E-state index contributed by atoms with van der Waals surface area (Å²) in [5, 5.41) is 8.91. The lowest BCUT2D eigenvalue weighted by Crippen LogP contribution is -2.46. The van der Waals surface area contributed by atoms with Crippen LogP contribution in [0.5, 0.6) is 0 Å². The van der Waals surface area contributed by atoms with Gasteiger partial charge in [-0.3, -0.25) is 4.90 Å². The summed E-state index contributed by atoms with van der Waals surface area (Å²) in [5.41, 5.74) is 1.90. The molecule has 0 bridgehead atoms. The number of piperazine rings is 1. The van der Waals surface area contributed by atoms with Crippen molar-refractivity contribution in [2.75, 3.05) is 37.6 Å². The Balaban J connectivity index is 2.02. The Labute approximate surface area is 117 Å². The lowest BCUT2D eigenvalue weighted by molar-refractivity contribution is 0.258. The molecule has 0 N–H and O–H groups in total. The van der Waals surface area contributed by atoms with Gasteiger partial charge in [-0.1, -0.05) is 6.92 Å². The Morgan fingerprint density at radius 3 is 2.56 bits per heavy atom. The fourth-order valence-electron chi connectivity index (χ4n) is 2.34. The highest BCUT2D eigenvalue weighted by molar-refractivity contribution is 9.10. The molecule has 0 amide bonds. The van der Waals surface area contributed by atoms with E-state index in [0.717, 1.165) is 30.7 Å². The summed E-state index contributed by atoms with van der Waals surface area (Å²) in [6, 6.07) is 8.15. The topological polar surface area (TPSA) is 30.3 Å². The third kappa shape index (κ3) is 3.04. The van der Waals surface area contributed by atoms with Crippen molar-refractivity contribution in [1.82, 2.24) is 4.90 Å². The van der Waals surface area contributed by atoms with Crippen LogP contribution in [0.25, 0.3) is 0 Å². The molecule has 96 valence electrons. The Morgan fingerprint density at radius 1 is 1.28 bits per heavy atom. The molecular formula is C14H18BrN3. The summed E-state index contributed by atoms with van der Waals surface area (Å²) in [7, 11) is 0. The second-order valence-electron chi connectivity index (χ2n) is 4.60. The van der Waals surface area contributed by atoms with Gasteiger partial charge in [0.25, 0.3) is 0 Å². The van der Waals surface area contributed by atoms with E-state index in [2.05, 4.69) is 38.7 Å². The molecule has 1 saturated heterocycles. The molecule has 0 aliphatic carbocycles. The van der Waals surface area contributed by atoms with E-state index in [-0.39, 0.29) is 0 Å². The number of hydrogen-bond acceptors (Lipinski definition) is 3. The van der Waals surface area contributed by atoms with Gasteiger partial charge < -0.3 is 4.90 Å². The number of nitrogens with zero attached hydrogens (tertiary/aromatic N) is 3. The molecule has 4 heteroatoms. The minimum atomic E-state index is 0.698. The van der Waals surface area contributed by atoms with Gasteiger partial charge in [-0.25, -0.2) is 0 Å². The summed E-state index contributed by atoms with van der Waals surface area (Å²) in [4.78, 5) is 4.90. The summed E-state index contributed by atoms with van der Waals surface area (Å²) < 4.78 is 0.887. The van der Waals surface area contributed by atoms with Crippen LogP contribution in [0.1, 0.15) is 18.9 Å². The first kappa shape index (κ1) is 13.4. The Bertz CT molecular complexity index is 445. The predicted octanol–water partition coefficient (Wildman–Crippen LogP) is 2.85. The van der Waals surface area contributed by atoms with Crippen molar-refractivity contribution in [2.45, 2.75) is 13.3 Å². The smallest absolute Gasteiger partial charge is 0.100 e. The molecular weight excluding hydrogens is 290 g/mol. The molecule has 1 aliphatic heterocycles. The summed E-state index contributed by atoms with van der Waals surface area (Å²) >= 11 is 3.45. The average Bonchev–Trinajstić information content (AvgIpc) is 2.40. The minimum absolute atomic E-state index is 0.698. The second kappa shape index (κ2) is 6.21. The fraction of sp³-hybridized carbons (Fsp3) is 0.500. The van der Waals surface area contributed by atoms with Crippen LogP contribution in [-0.4, -0.2) is 37.6 Å². The molecule has 1 aromatic rings. The Morgan fingerprint density at radius 2 is 2.00 bits per heavy atom. The second-order valence-corrected chi connectivity index (χ2v) is 5.46. The molecule has 1 heterocycles. The van der Waals surface area contributed by atoms with Crippen molar-refractivity contribution in [2.24, 2.45) is 0 Å². The standard InChI is InChI=1S/C14H18BrN3/c1-2-5-17-6-8-18(9-7-17)13-4-3-12(11-16)14(15)10-13/h3-4,10H,2,5-9H2,1H3. The Hall–Kier alpha value is -1.05. The van der Waals surface area contributed by atoms with Gasteiger partial charge >= 0.3 is 0 Å². The molecule has 0 saturated carbocycles.